The van der Waals surface area contributed by atoms with Gasteiger partial charge in [0.1, 0.15) is 0 Å². The van der Waals surface area contributed by atoms with Crippen LogP contribution in [-0.2, 0) is 27.1 Å². The Labute approximate surface area is 235 Å². The number of aromatic amines is 2. The van der Waals surface area contributed by atoms with Gasteiger partial charge in [-0.2, -0.15) is 18.6 Å². The number of unbranched alkanes of at least 4 members (excludes halogenated alkanes) is 2. The van der Waals surface area contributed by atoms with Gasteiger partial charge in [0.05, 0.1) is 22.5 Å². The van der Waals surface area contributed by atoms with Crippen LogP contribution in [0.15, 0.2) is 65.6 Å². The van der Waals surface area contributed by atoms with Crippen molar-refractivity contribution in [3.05, 3.63) is 88.7 Å². The molecule has 0 atom stereocenters. The molecule has 5 rings (SSSR count). The number of nitrogens with one attached hydrogen (secondary N) is 2. The van der Waals surface area contributed by atoms with Crippen LogP contribution in [0.25, 0.3) is 21.8 Å². The molecule has 0 aliphatic carbocycles. The van der Waals surface area contributed by atoms with Crippen molar-refractivity contribution in [1.29, 1.82) is 0 Å². The normalized spacial score (nSPS) is 11.6. The molecule has 5 aromatic rings. The van der Waals surface area contributed by atoms with Crippen LogP contribution in [0.1, 0.15) is 53.8 Å². The van der Waals surface area contributed by atoms with E-state index in [9.17, 15) is 8.42 Å². The number of nitrogens with zero attached hydrogens (tertiary/aromatic N) is 2. The van der Waals surface area contributed by atoms with Crippen LogP contribution in [0.4, 0.5) is 0 Å². The van der Waals surface area contributed by atoms with E-state index in [0.29, 0.717) is 6.42 Å². The maximum Gasteiger partial charge on any atom is 0.296 e. The lowest BCUT2D eigenvalue weighted by Crippen LogP contribution is -2.07. The van der Waals surface area contributed by atoms with E-state index in [1.54, 1.807) is 24.3 Å². The molecular formula is C31H38N4O4S. The number of rotatable bonds is 11. The van der Waals surface area contributed by atoms with Gasteiger partial charge < -0.3 is 5.11 Å². The molecule has 0 fully saturated rings. The molecular weight excluding hydrogens is 524 g/mol. The average molecular weight is 563 g/mol. The topological polar surface area (TPSA) is 121 Å². The minimum atomic E-state index is -3.66. The number of H-pyrrole nitrogens is 2. The Balaban J connectivity index is 0.000000210. The summed E-state index contributed by atoms with van der Waals surface area (Å²) in [7, 11) is -3.66. The lowest BCUT2D eigenvalue weighted by atomic mass is 10.1. The molecule has 9 heteroatoms. The van der Waals surface area contributed by atoms with Crippen molar-refractivity contribution in [2.45, 2.75) is 64.2 Å². The molecule has 0 amide bonds. The van der Waals surface area contributed by atoms with Gasteiger partial charge >= 0.3 is 0 Å². The molecule has 0 aliphatic heterocycles. The van der Waals surface area contributed by atoms with Gasteiger partial charge in [0, 0.05) is 28.8 Å². The molecule has 0 saturated carbocycles. The summed E-state index contributed by atoms with van der Waals surface area (Å²) in [6.07, 6.45) is 5.39. The van der Waals surface area contributed by atoms with Crippen LogP contribution in [-0.4, -0.2) is 47.1 Å². The zero-order valence-corrected chi connectivity index (χ0v) is 24.2. The van der Waals surface area contributed by atoms with E-state index in [2.05, 4.69) is 44.7 Å². The highest BCUT2D eigenvalue weighted by Crippen LogP contribution is 2.20. The highest BCUT2D eigenvalue weighted by molar-refractivity contribution is 7.86. The fourth-order valence-corrected chi connectivity index (χ4v) is 5.44. The van der Waals surface area contributed by atoms with Crippen molar-refractivity contribution in [3.8, 4) is 0 Å². The van der Waals surface area contributed by atoms with Gasteiger partial charge in [-0.1, -0.05) is 29.8 Å². The first-order chi connectivity index (χ1) is 19.3. The van der Waals surface area contributed by atoms with Gasteiger partial charge in [-0.05, 0) is 107 Å². The van der Waals surface area contributed by atoms with Gasteiger partial charge in [-0.15, -0.1) is 0 Å². The van der Waals surface area contributed by atoms with Crippen molar-refractivity contribution in [1.82, 2.24) is 20.4 Å². The largest absolute Gasteiger partial charge is 0.396 e. The summed E-state index contributed by atoms with van der Waals surface area (Å²) in [5, 5.41) is 25.4. The third-order valence-corrected chi connectivity index (χ3v) is 8.23. The molecule has 0 aliphatic rings. The number of aliphatic hydroxyl groups excluding tert-OH is 1. The smallest absolute Gasteiger partial charge is 0.296 e. The quantitative estimate of drug-likeness (QED) is 0.132. The third-order valence-electron chi connectivity index (χ3n) is 6.90. The van der Waals surface area contributed by atoms with E-state index in [0.717, 1.165) is 65.5 Å². The predicted octanol–water partition coefficient (Wildman–Crippen LogP) is 6.09. The molecule has 0 saturated heterocycles. The predicted molar refractivity (Wildman–Crippen MR) is 159 cm³/mol. The van der Waals surface area contributed by atoms with E-state index in [-0.39, 0.29) is 18.1 Å². The second kappa shape index (κ2) is 13.7. The lowest BCUT2D eigenvalue weighted by molar-refractivity contribution is 0.284. The van der Waals surface area contributed by atoms with Crippen molar-refractivity contribution in [2.75, 3.05) is 13.2 Å². The lowest BCUT2D eigenvalue weighted by Gasteiger charge is -2.06. The number of aryl methyl sites for hydroxylation is 5. The molecule has 8 nitrogen and oxygen atoms in total. The Morgan fingerprint density at radius 1 is 0.725 bits per heavy atom. The Hall–Kier alpha value is -3.53. The molecule has 2 heterocycles. The molecule has 40 heavy (non-hydrogen) atoms. The van der Waals surface area contributed by atoms with Crippen molar-refractivity contribution < 1.29 is 17.7 Å². The Bertz CT molecular complexity index is 1640. The number of benzene rings is 3. The van der Waals surface area contributed by atoms with Crippen molar-refractivity contribution >= 4 is 31.9 Å². The number of aromatic nitrogens is 4. The van der Waals surface area contributed by atoms with E-state index in [1.807, 2.05) is 32.9 Å². The van der Waals surface area contributed by atoms with Crippen LogP contribution in [0.2, 0.25) is 0 Å². The van der Waals surface area contributed by atoms with Crippen LogP contribution < -0.4 is 0 Å². The summed E-state index contributed by atoms with van der Waals surface area (Å²) in [6.45, 7) is 6.44. The molecule has 0 spiro atoms. The number of aliphatic hydroxyl groups is 1. The summed E-state index contributed by atoms with van der Waals surface area (Å²) in [5.41, 5.74) is 7.73. The first kappa shape index (κ1) is 29.5. The second-order valence-electron chi connectivity index (χ2n) is 10.1. The Kier molecular flexibility index (Phi) is 10.1. The van der Waals surface area contributed by atoms with Crippen LogP contribution in [0.5, 0.6) is 0 Å². The second-order valence-corrected chi connectivity index (χ2v) is 11.7. The summed E-state index contributed by atoms with van der Waals surface area (Å²) >= 11 is 0. The molecule has 3 N–H and O–H groups in total. The maximum atomic E-state index is 12.1. The number of fused-ring (bicyclic) bond motifs is 2. The molecule has 3 aromatic carbocycles. The third kappa shape index (κ3) is 7.78. The van der Waals surface area contributed by atoms with Crippen LogP contribution in [0.3, 0.4) is 0 Å². The zero-order valence-electron chi connectivity index (χ0n) is 23.4. The highest BCUT2D eigenvalue weighted by atomic mass is 32.2. The molecule has 0 unspecified atom stereocenters. The minimum absolute atomic E-state index is 0.198. The van der Waals surface area contributed by atoms with Gasteiger partial charge in [0.25, 0.3) is 10.1 Å². The van der Waals surface area contributed by atoms with Gasteiger partial charge in [0.2, 0.25) is 0 Å². The summed E-state index contributed by atoms with van der Waals surface area (Å²) in [6, 6.07) is 19.2. The maximum absolute atomic E-state index is 12.1. The fraction of sp³-hybridized carbons (Fsp3) is 0.355. The summed E-state index contributed by atoms with van der Waals surface area (Å²) < 4.78 is 29.3. The average Bonchev–Trinajstić information content (AvgIpc) is 3.51. The SMILES string of the molecule is Cc1[nH]nc2ccc(CCCCO)cc12.Cc1ccc(S(=O)(=O)OCCCCc2ccc3n[nH]c(C)c3c2)cc1. The first-order valence-electron chi connectivity index (χ1n) is 13.7. The number of hydrogen-bond donors (Lipinski definition) is 3. The van der Waals surface area contributed by atoms with Crippen LogP contribution in [0, 0.1) is 20.8 Å². The fourth-order valence-electron chi connectivity index (χ4n) is 4.50. The van der Waals surface area contributed by atoms with E-state index >= 15 is 0 Å². The zero-order chi connectivity index (χ0) is 28.5. The highest BCUT2D eigenvalue weighted by Gasteiger charge is 2.14. The first-order valence-corrected chi connectivity index (χ1v) is 15.1. The monoisotopic (exact) mass is 562 g/mol. The van der Waals surface area contributed by atoms with Crippen molar-refractivity contribution in [3.63, 3.8) is 0 Å². The van der Waals surface area contributed by atoms with E-state index in [1.165, 1.54) is 16.5 Å². The summed E-state index contributed by atoms with van der Waals surface area (Å²) in [4.78, 5) is 0.207. The van der Waals surface area contributed by atoms with E-state index < -0.39 is 10.1 Å². The minimum Gasteiger partial charge on any atom is -0.396 e. The van der Waals surface area contributed by atoms with Crippen molar-refractivity contribution in [2.24, 2.45) is 0 Å². The Morgan fingerprint density at radius 3 is 1.77 bits per heavy atom. The Morgan fingerprint density at radius 2 is 1.25 bits per heavy atom. The molecule has 212 valence electrons. The molecule has 2 aromatic heterocycles. The van der Waals surface area contributed by atoms with Gasteiger partial charge in [0.15, 0.2) is 0 Å². The van der Waals surface area contributed by atoms with Gasteiger partial charge in [-0.25, -0.2) is 0 Å². The van der Waals surface area contributed by atoms with E-state index in [4.69, 9.17) is 9.29 Å². The van der Waals surface area contributed by atoms with Crippen LogP contribution >= 0.6 is 0 Å². The summed E-state index contributed by atoms with van der Waals surface area (Å²) in [5.74, 6) is 0. The molecule has 0 radical (unpaired) electrons. The number of hydrogen-bond acceptors (Lipinski definition) is 6. The molecule has 0 bridgehead atoms. The standard InChI is InChI=1S/C19H22N2O3S.C12H16N2O/c1-14-6-9-17(10-7-14)25(22,23)24-12-4-3-5-16-8-11-19-18(13-16)15(2)20-21-19;1-9-11-8-10(4-2-3-7-15)5-6-12(11)14-13-9/h6-11,13H,3-5,12H2,1-2H3,(H,20,21);5-6,8,15H,2-4,7H2,1H3,(H,13,14). The van der Waals surface area contributed by atoms with Gasteiger partial charge in [-0.3, -0.25) is 14.4 Å².